The molecule has 3 aliphatic heterocycles. The van der Waals surface area contributed by atoms with Crippen molar-refractivity contribution in [2.45, 2.75) is 77.3 Å². The van der Waals surface area contributed by atoms with E-state index in [1.807, 2.05) is 17.0 Å². The van der Waals surface area contributed by atoms with E-state index in [4.69, 9.17) is 0 Å². The number of ketones is 1. The van der Waals surface area contributed by atoms with Crippen LogP contribution in [0.2, 0.25) is 0 Å². The average Bonchev–Trinajstić information content (AvgIpc) is 3.06. The molecule has 1 amide bonds. The number of fused-ring (bicyclic) bond motifs is 2. The van der Waals surface area contributed by atoms with Crippen molar-refractivity contribution in [1.29, 1.82) is 0 Å². The lowest BCUT2D eigenvalue weighted by atomic mass is 9.87. The van der Waals surface area contributed by atoms with Crippen molar-refractivity contribution in [3.63, 3.8) is 0 Å². The van der Waals surface area contributed by atoms with Gasteiger partial charge in [0.2, 0.25) is 5.91 Å². The maximum Gasteiger partial charge on any atom is 0.222 e. The van der Waals surface area contributed by atoms with Gasteiger partial charge in [-0.2, -0.15) is 0 Å². The number of Topliss-reactive ketones (excluding diaryl/α,β-unsaturated/α-hetero) is 1. The van der Waals surface area contributed by atoms with Gasteiger partial charge >= 0.3 is 0 Å². The van der Waals surface area contributed by atoms with Crippen LogP contribution in [0.15, 0.2) is 24.3 Å². The van der Waals surface area contributed by atoms with Crippen molar-refractivity contribution in [3.05, 3.63) is 35.4 Å². The topological polar surface area (TPSA) is 49.4 Å². The van der Waals surface area contributed by atoms with Crippen LogP contribution in [0.5, 0.6) is 0 Å². The summed E-state index contributed by atoms with van der Waals surface area (Å²) in [5.74, 6) is 1.79. The number of likely N-dealkylation sites (tertiary alicyclic amines) is 1. The molecule has 4 nitrogen and oxygen atoms in total. The molecule has 0 saturated carbocycles. The number of piperidine rings is 2. The summed E-state index contributed by atoms with van der Waals surface area (Å²) in [6, 6.07) is 9.45. The number of hydrogen-bond donors (Lipinski definition) is 1. The Hall–Kier alpha value is -1.68. The Bertz CT molecular complexity index is 707. The van der Waals surface area contributed by atoms with Crippen LogP contribution in [-0.4, -0.2) is 41.8 Å². The molecular formula is C25H36N2O2. The van der Waals surface area contributed by atoms with Crippen molar-refractivity contribution in [2.24, 2.45) is 17.8 Å². The van der Waals surface area contributed by atoms with Gasteiger partial charge < -0.3 is 10.2 Å². The van der Waals surface area contributed by atoms with Crippen molar-refractivity contribution >= 4 is 11.7 Å². The zero-order valence-corrected chi connectivity index (χ0v) is 18.0. The van der Waals surface area contributed by atoms with Gasteiger partial charge in [-0.3, -0.25) is 9.59 Å². The normalized spacial score (nSPS) is 27.4. The standard InChI is InChI=1S/C25H36N2O2/c1-17(2)13-18-3-5-20(6-4-18)25(29)21-9-11-27(12-10-21)24(28)16-19-14-22-7-8-23(15-19)26-22/h3-6,17,19,21-23,26H,7-16H2,1-2H3. The Labute approximate surface area is 175 Å². The van der Waals surface area contributed by atoms with E-state index in [0.717, 1.165) is 50.8 Å². The van der Waals surface area contributed by atoms with E-state index in [9.17, 15) is 9.59 Å². The zero-order valence-electron chi connectivity index (χ0n) is 18.0. The van der Waals surface area contributed by atoms with Gasteiger partial charge in [0.05, 0.1) is 0 Å². The zero-order chi connectivity index (χ0) is 20.4. The fourth-order valence-electron chi connectivity index (χ4n) is 5.62. The Morgan fingerprint density at radius 1 is 1.00 bits per heavy atom. The summed E-state index contributed by atoms with van der Waals surface area (Å²) in [6.07, 6.45) is 8.22. The first-order chi connectivity index (χ1) is 14.0. The minimum atomic E-state index is 0.0599. The van der Waals surface area contributed by atoms with Crippen LogP contribution in [-0.2, 0) is 11.2 Å². The molecule has 4 heteroatoms. The summed E-state index contributed by atoms with van der Waals surface area (Å²) in [6.45, 7) is 5.89. The molecule has 0 radical (unpaired) electrons. The number of carbonyl (C=O) groups is 2. The summed E-state index contributed by atoms with van der Waals surface area (Å²) in [4.78, 5) is 27.7. The molecular weight excluding hydrogens is 360 g/mol. The molecule has 2 unspecified atom stereocenters. The van der Waals surface area contributed by atoms with Gasteiger partial charge in [-0.05, 0) is 62.3 Å². The quantitative estimate of drug-likeness (QED) is 0.732. The lowest BCUT2D eigenvalue weighted by molar-refractivity contribution is -0.133. The summed E-state index contributed by atoms with van der Waals surface area (Å²) < 4.78 is 0. The van der Waals surface area contributed by atoms with Gasteiger partial charge in [-0.25, -0.2) is 0 Å². The molecule has 1 aromatic rings. The van der Waals surface area contributed by atoms with Gasteiger partial charge in [-0.1, -0.05) is 38.1 Å². The van der Waals surface area contributed by atoms with Crippen LogP contribution in [0, 0.1) is 17.8 Å². The molecule has 3 fully saturated rings. The van der Waals surface area contributed by atoms with Gasteiger partial charge in [0.1, 0.15) is 0 Å². The SMILES string of the molecule is CC(C)Cc1ccc(C(=O)C2CCN(C(=O)CC3CC4CCC(C3)N4)CC2)cc1. The second-order valence-corrected chi connectivity index (χ2v) is 9.99. The second kappa shape index (κ2) is 8.99. The number of nitrogens with zero attached hydrogens (tertiary/aromatic N) is 1. The fraction of sp³-hybridized carbons (Fsp3) is 0.680. The third-order valence-electron chi connectivity index (χ3n) is 7.13. The Morgan fingerprint density at radius 3 is 2.21 bits per heavy atom. The Kier molecular flexibility index (Phi) is 6.38. The second-order valence-electron chi connectivity index (χ2n) is 9.99. The summed E-state index contributed by atoms with van der Waals surface area (Å²) in [7, 11) is 0. The number of carbonyl (C=O) groups excluding carboxylic acids is 2. The van der Waals surface area contributed by atoms with Crippen molar-refractivity contribution in [3.8, 4) is 0 Å². The lowest BCUT2D eigenvalue weighted by Gasteiger charge is -2.34. The summed E-state index contributed by atoms with van der Waals surface area (Å²) >= 11 is 0. The number of amides is 1. The summed E-state index contributed by atoms with van der Waals surface area (Å²) in [5.41, 5.74) is 2.12. The van der Waals surface area contributed by atoms with Gasteiger partial charge in [0, 0.05) is 43.1 Å². The third kappa shape index (κ3) is 5.09. The minimum Gasteiger partial charge on any atom is -0.343 e. The van der Waals surface area contributed by atoms with Crippen LogP contribution in [0.3, 0.4) is 0 Å². The predicted molar refractivity (Wildman–Crippen MR) is 116 cm³/mol. The average molecular weight is 397 g/mol. The van der Waals surface area contributed by atoms with E-state index < -0.39 is 0 Å². The fourth-order valence-corrected chi connectivity index (χ4v) is 5.62. The van der Waals surface area contributed by atoms with Crippen LogP contribution in [0.1, 0.15) is 74.7 Å². The van der Waals surface area contributed by atoms with Gasteiger partial charge in [0.25, 0.3) is 0 Å². The van der Waals surface area contributed by atoms with Gasteiger partial charge in [0.15, 0.2) is 5.78 Å². The number of benzene rings is 1. The molecule has 2 atom stereocenters. The molecule has 1 aromatic carbocycles. The molecule has 29 heavy (non-hydrogen) atoms. The van der Waals surface area contributed by atoms with Crippen LogP contribution < -0.4 is 5.32 Å². The molecule has 2 bridgehead atoms. The Morgan fingerprint density at radius 2 is 1.62 bits per heavy atom. The molecule has 0 aliphatic carbocycles. The highest BCUT2D eigenvalue weighted by Crippen LogP contribution is 2.33. The first-order valence-electron chi connectivity index (χ1n) is 11.6. The molecule has 4 rings (SSSR count). The highest BCUT2D eigenvalue weighted by atomic mass is 16.2. The highest BCUT2D eigenvalue weighted by molar-refractivity contribution is 5.98. The molecule has 1 N–H and O–H groups in total. The van der Waals surface area contributed by atoms with E-state index in [1.54, 1.807) is 0 Å². The van der Waals surface area contributed by atoms with Crippen LogP contribution in [0.4, 0.5) is 0 Å². The van der Waals surface area contributed by atoms with E-state index in [1.165, 1.54) is 18.4 Å². The number of hydrogen-bond acceptors (Lipinski definition) is 3. The van der Waals surface area contributed by atoms with Crippen molar-refractivity contribution in [1.82, 2.24) is 10.2 Å². The maximum atomic E-state index is 12.9. The number of nitrogens with one attached hydrogen (secondary N) is 1. The van der Waals surface area contributed by atoms with E-state index in [0.29, 0.717) is 36.2 Å². The van der Waals surface area contributed by atoms with E-state index in [2.05, 4.69) is 31.3 Å². The molecule has 0 aromatic heterocycles. The minimum absolute atomic E-state index is 0.0599. The van der Waals surface area contributed by atoms with Crippen LogP contribution >= 0.6 is 0 Å². The maximum absolute atomic E-state index is 12.9. The first-order valence-corrected chi connectivity index (χ1v) is 11.6. The van der Waals surface area contributed by atoms with E-state index >= 15 is 0 Å². The smallest absolute Gasteiger partial charge is 0.222 e. The highest BCUT2D eigenvalue weighted by Gasteiger charge is 2.35. The van der Waals surface area contributed by atoms with Crippen molar-refractivity contribution < 1.29 is 9.59 Å². The largest absolute Gasteiger partial charge is 0.343 e. The summed E-state index contributed by atoms with van der Waals surface area (Å²) in [5, 5.41) is 3.66. The van der Waals surface area contributed by atoms with Crippen molar-refractivity contribution in [2.75, 3.05) is 13.1 Å². The molecule has 3 aliphatic rings. The van der Waals surface area contributed by atoms with Crippen LogP contribution in [0.25, 0.3) is 0 Å². The monoisotopic (exact) mass is 396 g/mol. The molecule has 3 saturated heterocycles. The Balaban J connectivity index is 1.25. The first kappa shape index (κ1) is 20.6. The van der Waals surface area contributed by atoms with E-state index in [-0.39, 0.29) is 11.7 Å². The number of rotatable bonds is 6. The van der Waals surface area contributed by atoms with Gasteiger partial charge in [-0.15, -0.1) is 0 Å². The third-order valence-corrected chi connectivity index (χ3v) is 7.13. The molecule has 3 heterocycles. The predicted octanol–water partition coefficient (Wildman–Crippen LogP) is 4.23. The molecule has 158 valence electrons. The molecule has 0 spiro atoms. The lowest BCUT2D eigenvalue weighted by Crippen LogP contribution is -2.43.